The SMILES string of the molecule is CCc1ccc(Oc2c(C(F)(F)F)oc3cc(OC(=O)c4cccc(OC)c4)ccc3c2=O)cc1. The van der Waals surface area contributed by atoms with Gasteiger partial charge < -0.3 is 18.6 Å². The number of methoxy groups -OCH3 is 1. The number of ether oxygens (including phenoxy) is 3. The Bertz CT molecular complexity index is 1440. The number of benzene rings is 3. The minimum Gasteiger partial charge on any atom is -0.497 e. The van der Waals surface area contributed by atoms with Crippen LogP contribution in [0.2, 0.25) is 0 Å². The Morgan fingerprint density at radius 2 is 1.66 bits per heavy atom. The minimum absolute atomic E-state index is 0.0585. The second-order valence-electron chi connectivity index (χ2n) is 7.47. The molecule has 3 aromatic carbocycles. The lowest BCUT2D eigenvalue weighted by Crippen LogP contribution is -2.15. The van der Waals surface area contributed by atoms with Crippen LogP contribution in [0.4, 0.5) is 13.2 Å². The van der Waals surface area contributed by atoms with Crippen molar-refractivity contribution in [2.75, 3.05) is 7.11 Å². The molecule has 0 fully saturated rings. The van der Waals surface area contributed by atoms with Gasteiger partial charge in [-0.1, -0.05) is 25.1 Å². The molecule has 1 aromatic heterocycles. The Morgan fingerprint density at radius 3 is 2.31 bits per heavy atom. The molecule has 9 heteroatoms. The first-order chi connectivity index (χ1) is 16.7. The quantitative estimate of drug-likeness (QED) is 0.233. The van der Waals surface area contributed by atoms with E-state index >= 15 is 0 Å². The molecule has 4 aromatic rings. The molecule has 0 aliphatic carbocycles. The van der Waals surface area contributed by atoms with E-state index in [9.17, 15) is 22.8 Å². The largest absolute Gasteiger partial charge is 0.497 e. The number of esters is 1. The first-order valence-corrected chi connectivity index (χ1v) is 10.5. The van der Waals surface area contributed by atoms with Gasteiger partial charge in [-0.3, -0.25) is 4.79 Å². The van der Waals surface area contributed by atoms with Crippen molar-refractivity contribution in [1.82, 2.24) is 0 Å². The van der Waals surface area contributed by atoms with Crippen LogP contribution in [0.15, 0.2) is 75.9 Å². The molecule has 0 amide bonds. The molecule has 6 nitrogen and oxygen atoms in total. The van der Waals surface area contributed by atoms with Crippen molar-refractivity contribution < 1.29 is 36.6 Å². The van der Waals surface area contributed by atoms with Crippen molar-refractivity contribution in [3.8, 4) is 23.0 Å². The molecule has 0 bridgehead atoms. The summed E-state index contributed by atoms with van der Waals surface area (Å²) < 4.78 is 62.0. The molecule has 0 aliphatic rings. The summed E-state index contributed by atoms with van der Waals surface area (Å²) in [5, 5.41) is -0.167. The second kappa shape index (κ2) is 9.54. The third kappa shape index (κ3) is 5.13. The van der Waals surface area contributed by atoms with Gasteiger partial charge >= 0.3 is 12.1 Å². The van der Waals surface area contributed by atoms with Crippen LogP contribution in [-0.4, -0.2) is 13.1 Å². The molecular weight excluding hydrogens is 465 g/mol. The first kappa shape index (κ1) is 23.9. The average Bonchev–Trinajstić information content (AvgIpc) is 2.85. The lowest BCUT2D eigenvalue weighted by atomic mass is 10.1. The molecule has 0 aliphatic heterocycles. The molecular formula is C26H19F3O6. The van der Waals surface area contributed by atoms with E-state index in [1.165, 1.54) is 43.5 Å². The zero-order valence-corrected chi connectivity index (χ0v) is 18.6. The molecule has 0 saturated heterocycles. The van der Waals surface area contributed by atoms with Crippen molar-refractivity contribution in [3.05, 3.63) is 93.8 Å². The van der Waals surface area contributed by atoms with Gasteiger partial charge in [0.15, 0.2) is 0 Å². The lowest BCUT2D eigenvalue weighted by Gasteiger charge is -2.14. The Morgan fingerprint density at radius 1 is 0.943 bits per heavy atom. The minimum atomic E-state index is -5.01. The van der Waals surface area contributed by atoms with Gasteiger partial charge in [-0.15, -0.1) is 0 Å². The maximum absolute atomic E-state index is 13.8. The normalized spacial score (nSPS) is 11.3. The monoisotopic (exact) mass is 484 g/mol. The number of carbonyl (C=O) groups is 1. The smallest absolute Gasteiger partial charge is 0.453 e. The maximum atomic E-state index is 13.8. The van der Waals surface area contributed by atoms with Gasteiger partial charge in [0.1, 0.15) is 22.8 Å². The van der Waals surface area contributed by atoms with E-state index in [0.29, 0.717) is 5.75 Å². The second-order valence-corrected chi connectivity index (χ2v) is 7.47. The summed E-state index contributed by atoms with van der Waals surface area (Å²) in [7, 11) is 1.44. The highest BCUT2D eigenvalue weighted by molar-refractivity contribution is 5.92. The molecule has 0 spiro atoms. The molecule has 35 heavy (non-hydrogen) atoms. The summed E-state index contributed by atoms with van der Waals surface area (Å²) >= 11 is 0. The van der Waals surface area contributed by atoms with E-state index in [4.69, 9.17) is 18.6 Å². The molecule has 1 heterocycles. The number of hydrogen-bond donors (Lipinski definition) is 0. The van der Waals surface area contributed by atoms with E-state index in [1.54, 1.807) is 24.3 Å². The fourth-order valence-corrected chi connectivity index (χ4v) is 3.33. The molecule has 0 N–H and O–H groups in total. The van der Waals surface area contributed by atoms with E-state index in [-0.39, 0.29) is 22.4 Å². The highest BCUT2D eigenvalue weighted by atomic mass is 19.4. The van der Waals surface area contributed by atoms with Crippen molar-refractivity contribution in [1.29, 1.82) is 0 Å². The Balaban J connectivity index is 1.72. The van der Waals surface area contributed by atoms with Gasteiger partial charge in [0, 0.05) is 6.07 Å². The van der Waals surface area contributed by atoms with Crippen LogP contribution >= 0.6 is 0 Å². The van der Waals surface area contributed by atoms with E-state index in [1.807, 2.05) is 6.92 Å². The Hall–Kier alpha value is -4.27. The summed E-state index contributed by atoms with van der Waals surface area (Å²) in [6.07, 6.45) is -4.28. The van der Waals surface area contributed by atoms with Gasteiger partial charge in [0.05, 0.1) is 18.1 Å². The van der Waals surface area contributed by atoms with Crippen LogP contribution in [-0.2, 0) is 12.6 Å². The van der Waals surface area contributed by atoms with Gasteiger partial charge in [-0.05, 0) is 54.4 Å². The van der Waals surface area contributed by atoms with Gasteiger partial charge in [0.25, 0.3) is 5.76 Å². The summed E-state index contributed by atoms with van der Waals surface area (Å²) in [4.78, 5) is 25.4. The molecule has 4 rings (SSSR count). The Labute approximate surface area is 197 Å². The molecule has 0 radical (unpaired) electrons. The molecule has 0 atom stereocenters. The van der Waals surface area contributed by atoms with Gasteiger partial charge in [-0.2, -0.15) is 13.2 Å². The first-order valence-electron chi connectivity index (χ1n) is 10.5. The van der Waals surface area contributed by atoms with Crippen molar-refractivity contribution in [3.63, 3.8) is 0 Å². The van der Waals surface area contributed by atoms with E-state index < -0.39 is 34.7 Å². The highest BCUT2D eigenvalue weighted by Crippen LogP contribution is 2.38. The summed E-state index contributed by atoms with van der Waals surface area (Å²) in [6.45, 7) is 1.93. The molecule has 0 saturated carbocycles. The van der Waals surface area contributed by atoms with Gasteiger partial charge in [0.2, 0.25) is 11.2 Å². The number of fused-ring (bicyclic) bond motifs is 1. The summed E-state index contributed by atoms with van der Waals surface area (Å²) in [5.74, 6) is -2.96. The van der Waals surface area contributed by atoms with Gasteiger partial charge in [-0.25, -0.2) is 4.79 Å². The number of carbonyl (C=O) groups excluding carboxylic acids is 1. The van der Waals surface area contributed by atoms with Crippen molar-refractivity contribution >= 4 is 16.9 Å². The zero-order valence-electron chi connectivity index (χ0n) is 18.6. The van der Waals surface area contributed by atoms with Crippen LogP contribution in [0.25, 0.3) is 11.0 Å². The third-order valence-electron chi connectivity index (χ3n) is 5.15. The van der Waals surface area contributed by atoms with Crippen LogP contribution in [0, 0.1) is 0 Å². The van der Waals surface area contributed by atoms with Crippen LogP contribution in [0.1, 0.15) is 28.6 Å². The topological polar surface area (TPSA) is 75.0 Å². The predicted octanol–water partition coefficient (Wildman–Crippen LogP) is 6.39. The van der Waals surface area contributed by atoms with Crippen molar-refractivity contribution in [2.45, 2.75) is 19.5 Å². The summed E-state index contributed by atoms with van der Waals surface area (Å²) in [6, 6.07) is 16.0. The van der Waals surface area contributed by atoms with Crippen LogP contribution < -0.4 is 19.6 Å². The number of halogens is 3. The fourth-order valence-electron chi connectivity index (χ4n) is 3.33. The van der Waals surface area contributed by atoms with E-state index in [2.05, 4.69) is 0 Å². The standard InChI is InChI=1S/C26H19F3O6/c1-3-15-7-9-17(10-8-15)33-23-22(30)20-12-11-19(14-21(20)35-24(23)26(27,28)29)34-25(31)16-5-4-6-18(13-16)32-2/h4-14H,3H2,1-2H3. The number of rotatable bonds is 6. The van der Waals surface area contributed by atoms with Crippen LogP contribution in [0.3, 0.4) is 0 Å². The maximum Gasteiger partial charge on any atom is 0.453 e. The highest BCUT2D eigenvalue weighted by Gasteiger charge is 2.40. The average molecular weight is 484 g/mol. The van der Waals surface area contributed by atoms with Crippen molar-refractivity contribution in [2.24, 2.45) is 0 Å². The third-order valence-corrected chi connectivity index (χ3v) is 5.15. The number of aryl methyl sites for hydroxylation is 1. The number of hydrogen-bond acceptors (Lipinski definition) is 6. The van der Waals surface area contributed by atoms with Crippen LogP contribution in [0.5, 0.6) is 23.0 Å². The predicted molar refractivity (Wildman–Crippen MR) is 121 cm³/mol. The lowest BCUT2D eigenvalue weighted by molar-refractivity contribution is -0.154. The van der Waals surface area contributed by atoms with E-state index in [0.717, 1.165) is 18.1 Å². The molecule has 180 valence electrons. The summed E-state index contributed by atoms with van der Waals surface area (Å²) in [5.41, 5.74) is -0.301. The number of alkyl halides is 3. The zero-order chi connectivity index (χ0) is 25.2. The fraction of sp³-hybridized carbons (Fsp3) is 0.154. The Kier molecular flexibility index (Phi) is 6.50. The molecule has 0 unspecified atom stereocenters.